The Morgan fingerprint density at radius 1 is 1.40 bits per heavy atom. The number of carbonyl (C=O) groups excluding carboxylic acids is 2. The van der Waals surface area contributed by atoms with Crippen LogP contribution >= 0.6 is 0 Å². The van der Waals surface area contributed by atoms with Crippen molar-refractivity contribution < 1.29 is 27.2 Å². The summed E-state index contributed by atoms with van der Waals surface area (Å²) in [5, 5.41) is 17.3. The molecule has 0 saturated heterocycles. The summed E-state index contributed by atoms with van der Waals surface area (Å²) >= 11 is 0. The van der Waals surface area contributed by atoms with Crippen LogP contribution in [-0.2, 0) is 34.4 Å². The van der Waals surface area contributed by atoms with Gasteiger partial charge in [-0.1, -0.05) is 0 Å². The summed E-state index contributed by atoms with van der Waals surface area (Å²) < 4.78 is 40.5. The number of urea groups is 1. The van der Waals surface area contributed by atoms with Gasteiger partial charge in [-0.05, 0) is 25.1 Å². The van der Waals surface area contributed by atoms with Crippen LogP contribution in [0.15, 0.2) is 18.2 Å². The van der Waals surface area contributed by atoms with Crippen LogP contribution in [0.5, 0.6) is 0 Å². The van der Waals surface area contributed by atoms with Gasteiger partial charge in [0.25, 0.3) is 5.91 Å². The maximum atomic E-state index is 13.6. The molecule has 2 N–H and O–H groups in total. The molecule has 14 heteroatoms. The number of nitrogens with zero attached hydrogens (tertiary/aromatic N) is 5. The summed E-state index contributed by atoms with van der Waals surface area (Å²) in [7, 11) is -2.02. The van der Waals surface area contributed by atoms with Crippen molar-refractivity contribution in [2.24, 2.45) is 0 Å². The van der Waals surface area contributed by atoms with Crippen LogP contribution < -0.4 is 10.0 Å². The third-order valence-corrected chi connectivity index (χ3v) is 6.52. The number of hydrogen-bond donors (Lipinski definition) is 2. The standard InChI is InChI=1S/C21H24FN7O5S/c1-12-6-18-16(11-28(12)21(31)25-14-4-5-17(22)13(7-14)8-23)19-20(30)27(2)34-15(10-29(19)26-18)9-24-35(3,32)33/h4-5,7,12,15,24H,6,9-11H2,1-3H3,(H,25,31)/t12-,15-/m1/s1. The van der Waals surface area contributed by atoms with Gasteiger partial charge in [-0.3, -0.25) is 14.3 Å². The van der Waals surface area contributed by atoms with Crippen LogP contribution in [0.3, 0.4) is 0 Å². The second-order valence-corrected chi connectivity index (χ2v) is 10.4. The highest BCUT2D eigenvalue weighted by molar-refractivity contribution is 7.88. The number of anilines is 1. The lowest BCUT2D eigenvalue weighted by Gasteiger charge is -2.33. The van der Waals surface area contributed by atoms with E-state index in [9.17, 15) is 22.4 Å². The number of nitrogens with one attached hydrogen (secondary N) is 2. The second-order valence-electron chi connectivity index (χ2n) is 8.52. The first-order chi connectivity index (χ1) is 16.5. The number of sulfonamides is 1. The van der Waals surface area contributed by atoms with E-state index in [1.807, 2.05) is 6.92 Å². The Bertz CT molecular complexity index is 1340. The number of carbonyl (C=O) groups is 2. The molecule has 1 aromatic heterocycles. The number of aromatic nitrogens is 2. The normalized spacial score (nSPS) is 20.0. The first kappa shape index (κ1) is 24.6. The van der Waals surface area contributed by atoms with Crippen LogP contribution in [-0.4, -0.2) is 72.1 Å². The number of amides is 3. The first-order valence-corrected chi connectivity index (χ1v) is 12.6. The average Bonchev–Trinajstić information content (AvgIpc) is 3.07. The molecule has 186 valence electrons. The molecule has 1 aromatic carbocycles. The molecule has 0 unspecified atom stereocenters. The van der Waals surface area contributed by atoms with E-state index in [1.165, 1.54) is 28.8 Å². The number of hydrogen-bond acceptors (Lipinski definition) is 7. The number of fused-ring (bicyclic) bond motifs is 3. The van der Waals surface area contributed by atoms with Crippen LogP contribution in [0, 0.1) is 17.1 Å². The molecule has 0 spiro atoms. The van der Waals surface area contributed by atoms with Crippen LogP contribution in [0.1, 0.15) is 34.2 Å². The molecule has 0 aliphatic carbocycles. The van der Waals surface area contributed by atoms with Crippen molar-refractivity contribution in [2.45, 2.75) is 38.6 Å². The molecule has 0 fully saturated rings. The van der Waals surface area contributed by atoms with Crippen molar-refractivity contribution in [3.63, 3.8) is 0 Å². The Morgan fingerprint density at radius 2 is 2.14 bits per heavy atom. The third kappa shape index (κ3) is 5.11. The number of nitriles is 1. The molecule has 0 bridgehead atoms. The predicted molar refractivity (Wildman–Crippen MR) is 121 cm³/mol. The van der Waals surface area contributed by atoms with Gasteiger partial charge in [-0.2, -0.15) is 10.4 Å². The van der Waals surface area contributed by atoms with Crippen molar-refractivity contribution in [1.82, 2.24) is 24.5 Å². The molecule has 3 heterocycles. The van der Waals surface area contributed by atoms with E-state index in [0.29, 0.717) is 17.7 Å². The van der Waals surface area contributed by atoms with Crippen molar-refractivity contribution >= 4 is 27.6 Å². The number of benzene rings is 1. The van der Waals surface area contributed by atoms with E-state index in [0.717, 1.165) is 17.4 Å². The highest BCUT2D eigenvalue weighted by atomic mass is 32.2. The monoisotopic (exact) mass is 505 g/mol. The summed E-state index contributed by atoms with van der Waals surface area (Å²) in [5.74, 6) is -1.15. The van der Waals surface area contributed by atoms with Crippen molar-refractivity contribution in [3.8, 4) is 6.07 Å². The zero-order chi connectivity index (χ0) is 25.5. The summed E-state index contributed by atoms with van der Waals surface area (Å²) in [6.07, 6.45) is 0.746. The van der Waals surface area contributed by atoms with Gasteiger partial charge < -0.3 is 10.2 Å². The zero-order valence-corrected chi connectivity index (χ0v) is 20.1. The SMILES string of the molecule is C[C@@H]1Cc2nn3c(c2CN1C(=O)Nc1ccc(F)c(C#N)c1)C(=O)N(C)O[C@H](CNS(C)(=O)=O)C3. The molecule has 12 nitrogen and oxygen atoms in total. The molecular formula is C21H24FN7O5S. The molecule has 2 aromatic rings. The Kier molecular flexibility index (Phi) is 6.50. The van der Waals surface area contributed by atoms with Crippen LogP contribution in [0.25, 0.3) is 0 Å². The van der Waals surface area contributed by atoms with Gasteiger partial charge >= 0.3 is 6.03 Å². The largest absolute Gasteiger partial charge is 0.322 e. The Morgan fingerprint density at radius 3 is 2.83 bits per heavy atom. The molecule has 3 amide bonds. The van der Waals surface area contributed by atoms with Crippen molar-refractivity contribution in [1.29, 1.82) is 5.26 Å². The van der Waals surface area contributed by atoms with Gasteiger partial charge in [0, 0.05) is 37.3 Å². The van der Waals surface area contributed by atoms with Gasteiger partial charge in [-0.15, -0.1) is 0 Å². The third-order valence-electron chi connectivity index (χ3n) is 5.83. The predicted octanol–water partition coefficient (Wildman–Crippen LogP) is 0.808. The lowest BCUT2D eigenvalue weighted by Crippen LogP contribution is -2.45. The summed E-state index contributed by atoms with van der Waals surface area (Å²) in [6, 6.07) is 4.72. The van der Waals surface area contributed by atoms with Crippen molar-refractivity contribution in [3.05, 3.63) is 46.5 Å². The quantitative estimate of drug-likeness (QED) is 0.624. The van der Waals surface area contributed by atoms with Crippen molar-refractivity contribution in [2.75, 3.05) is 25.2 Å². The lowest BCUT2D eigenvalue weighted by atomic mass is 9.99. The highest BCUT2D eigenvalue weighted by Crippen LogP contribution is 2.29. The number of halogens is 1. The van der Waals surface area contributed by atoms with E-state index in [2.05, 4.69) is 15.1 Å². The fourth-order valence-electron chi connectivity index (χ4n) is 4.12. The minimum atomic E-state index is -3.46. The molecule has 35 heavy (non-hydrogen) atoms. The van der Waals surface area contributed by atoms with Gasteiger partial charge in [0.1, 0.15) is 23.7 Å². The molecular weight excluding hydrogens is 481 g/mol. The average molecular weight is 506 g/mol. The highest BCUT2D eigenvalue weighted by Gasteiger charge is 2.37. The Labute approximate surface area is 201 Å². The zero-order valence-electron chi connectivity index (χ0n) is 19.3. The lowest BCUT2D eigenvalue weighted by molar-refractivity contribution is -0.145. The van der Waals surface area contributed by atoms with E-state index < -0.39 is 33.9 Å². The Hall–Kier alpha value is -3.54. The fraction of sp³-hybridized carbons (Fsp3) is 0.429. The van der Waals surface area contributed by atoms with Gasteiger partial charge in [0.2, 0.25) is 10.0 Å². The number of hydroxylamine groups is 2. The second kappa shape index (κ2) is 9.25. The molecule has 0 radical (unpaired) electrons. The van der Waals surface area contributed by atoms with Gasteiger partial charge in [0.15, 0.2) is 0 Å². The van der Waals surface area contributed by atoms with E-state index >= 15 is 0 Å². The van der Waals surface area contributed by atoms with Gasteiger partial charge in [-0.25, -0.2) is 27.4 Å². The molecule has 2 atom stereocenters. The molecule has 2 aliphatic rings. The minimum absolute atomic E-state index is 0.0479. The minimum Gasteiger partial charge on any atom is -0.317 e. The smallest absolute Gasteiger partial charge is 0.317 e. The summed E-state index contributed by atoms with van der Waals surface area (Å²) in [4.78, 5) is 33.2. The molecule has 2 aliphatic heterocycles. The number of rotatable bonds is 4. The topological polar surface area (TPSA) is 150 Å². The fourth-order valence-corrected chi connectivity index (χ4v) is 4.60. The summed E-state index contributed by atoms with van der Waals surface area (Å²) in [5.41, 5.74) is 1.59. The van der Waals surface area contributed by atoms with E-state index in [1.54, 1.807) is 6.07 Å². The van der Waals surface area contributed by atoms with Crippen LogP contribution in [0.2, 0.25) is 0 Å². The van der Waals surface area contributed by atoms with E-state index in [4.69, 9.17) is 10.1 Å². The summed E-state index contributed by atoms with van der Waals surface area (Å²) in [6.45, 7) is 2.02. The maximum absolute atomic E-state index is 13.6. The first-order valence-electron chi connectivity index (χ1n) is 10.7. The molecule has 0 saturated carbocycles. The van der Waals surface area contributed by atoms with Crippen LogP contribution in [0.4, 0.5) is 14.9 Å². The molecule has 4 rings (SSSR count). The van der Waals surface area contributed by atoms with E-state index in [-0.39, 0.29) is 42.6 Å². The Balaban J connectivity index is 1.58. The maximum Gasteiger partial charge on any atom is 0.322 e. The van der Waals surface area contributed by atoms with Gasteiger partial charge in [0.05, 0.1) is 30.6 Å².